The summed E-state index contributed by atoms with van der Waals surface area (Å²) in [5, 5.41) is 10.1. The van der Waals surface area contributed by atoms with Crippen molar-refractivity contribution >= 4 is 5.91 Å². The van der Waals surface area contributed by atoms with Crippen LogP contribution in [0.2, 0.25) is 0 Å². The van der Waals surface area contributed by atoms with Crippen molar-refractivity contribution in [2.24, 2.45) is 0 Å². The van der Waals surface area contributed by atoms with Crippen LogP contribution >= 0.6 is 0 Å². The summed E-state index contributed by atoms with van der Waals surface area (Å²) in [6.45, 7) is 4.93. The molecular weight excluding hydrogens is 266 g/mol. The highest BCUT2D eigenvalue weighted by atomic mass is 16.5. The third kappa shape index (κ3) is 2.83. The molecule has 1 aromatic heterocycles. The molecule has 0 aliphatic carbocycles. The van der Waals surface area contributed by atoms with E-state index in [0.29, 0.717) is 6.54 Å². The van der Waals surface area contributed by atoms with Gasteiger partial charge in [-0.1, -0.05) is 29.4 Å². The molecule has 1 atom stereocenters. The number of amides is 1. The maximum absolute atomic E-state index is 12.3. The molecular formula is C16H19N3O2. The van der Waals surface area contributed by atoms with Gasteiger partial charge in [-0.3, -0.25) is 4.79 Å². The largest absolute Gasteiger partial charge is 0.361 e. The van der Waals surface area contributed by atoms with Crippen molar-refractivity contribution in [1.82, 2.24) is 15.8 Å². The standard InChI is InChI=1S/C16H19N3O2/c1-10-14(11(2)21-19-10)9-18-16(20)15-7-12-5-3-4-6-13(12)8-17-15/h3-6,15,17H,7-9H2,1-2H3,(H,18,20)/t15-/m0/s1. The highest BCUT2D eigenvalue weighted by Crippen LogP contribution is 2.17. The summed E-state index contributed by atoms with van der Waals surface area (Å²) >= 11 is 0. The van der Waals surface area contributed by atoms with Gasteiger partial charge in [0, 0.05) is 18.7 Å². The van der Waals surface area contributed by atoms with E-state index < -0.39 is 0 Å². The first-order valence-corrected chi connectivity index (χ1v) is 7.15. The smallest absolute Gasteiger partial charge is 0.237 e. The van der Waals surface area contributed by atoms with Gasteiger partial charge in [-0.05, 0) is 31.4 Å². The molecule has 0 saturated heterocycles. The molecule has 1 aliphatic rings. The fourth-order valence-electron chi connectivity index (χ4n) is 2.69. The lowest BCUT2D eigenvalue weighted by molar-refractivity contribution is -0.123. The van der Waals surface area contributed by atoms with Gasteiger partial charge in [-0.15, -0.1) is 0 Å². The van der Waals surface area contributed by atoms with Crippen LogP contribution in [0.5, 0.6) is 0 Å². The van der Waals surface area contributed by atoms with E-state index in [0.717, 1.165) is 30.0 Å². The number of aryl methyl sites for hydroxylation is 2. The maximum Gasteiger partial charge on any atom is 0.237 e. The molecule has 3 rings (SSSR count). The molecule has 110 valence electrons. The average molecular weight is 285 g/mol. The molecule has 21 heavy (non-hydrogen) atoms. The van der Waals surface area contributed by atoms with Gasteiger partial charge in [0.2, 0.25) is 5.91 Å². The molecule has 1 aliphatic heterocycles. The number of benzene rings is 1. The average Bonchev–Trinajstić information content (AvgIpc) is 2.83. The number of hydrogen-bond donors (Lipinski definition) is 2. The van der Waals surface area contributed by atoms with Gasteiger partial charge in [0.25, 0.3) is 0 Å². The van der Waals surface area contributed by atoms with E-state index in [1.165, 1.54) is 11.1 Å². The second kappa shape index (κ2) is 5.69. The van der Waals surface area contributed by atoms with E-state index >= 15 is 0 Å². The van der Waals surface area contributed by atoms with Crippen LogP contribution in [0, 0.1) is 13.8 Å². The topological polar surface area (TPSA) is 67.2 Å². The van der Waals surface area contributed by atoms with E-state index in [2.05, 4.69) is 27.9 Å². The van der Waals surface area contributed by atoms with Gasteiger partial charge in [0.1, 0.15) is 5.76 Å². The number of rotatable bonds is 3. The number of fused-ring (bicyclic) bond motifs is 1. The molecule has 1 aromatic carbocycles. The molecule has 0 unspecified atom stereocenters. The van der Waals surface area contributed by atoms with Crippen LogP contribution in [0.3, 0.4) is 0 Å². The first-order chi connectivity index (χ1) is 10.1. The normalized spacial score (nSPS) is 17.3. The maximum atomic E-state index is 12.3. The molecule has 5 heteroatoms. The Morgan fingerprint density at radius 1 is 1.38 bits per heavy atom. The summed E-state index contributed by atoms with van der Waals surface area (Å²) in [6, 6.07) is 8.05. The second-order valence-electron chi connectivity index (χ2n) is 5.43. The van der Waals surface area contributed by atoms with Crippen LogP contribution in [0.15, 0.2) is 28.8 Å². The van der Waals surface area contributed by atoms with E-state index in [-0.39, 0.29) is 11.9 Å². The summed E-state index contributed by atoms with van der Waals surface area (Å²) < 4.78 is 5.10. The molecule has 2 heterocycles. The van der Waals surface area contributed by atoms with Crippen molar-refractivity contribution in [1.29, 1.82) is 0 Å². The number of hydrogen-bond acceptors (Lipinski definition) is 4. The highest BCUT2D eigenvalue weighted by Gasteiger charge is 2.24. The van der Waals surface area contributed by atoms with Crippen LogP contribution in [0.1, 0.15) is 28.1 Å². The van der Waals surface area contributed by atoms with Crippen molar-refractivity contribution in [3.63, 3.8) is 0 Å². The van der Waals surface area contributed by atoms with Crippen molar-refractivity contribution in [2.75, 3.05) is 0 Å². The minimum absolute atomic E-state index is 0.0181. The van der Waals surface area contributed by atoms with Gasteiger partial charge in [-0.25, -0.2) is 0 Å². The zero-order chi connectivity index (χ0) is 14.8. The predicted molar refractivity (Wildman–Crippen MR) is 78.6 cm³/mol. The van der Waals surface area contributed by atoms with Gasteiger partial charge in [0.05, 0.1) is 11.7 Å². The molecule has 2 aromatic rings. The molecule has 0 fully saturated rings. The summed E-state index contributed by atoms with van der Waals surface area (Å²) in [5.74, 6) is 0.777. The molecule has 0 radical (unpaired) electrons. The molecule has 0 saturated carbocycles. The minimum Gasteiger partial charge on any atom is -0.361 e. The van der Waals surface area contributed by atoms with Crippen LogP contribution in [0.4, 0.5) is 0 Å². The lowest BCUT2D eigenvalue weighted by Gasteiger charge is -2.25. The number of aromatic nitrogens is 1. The first-order valence-electron chi connectivity index (χ1n) is 7.15. The van der Waals surface area contributed by atoms with E-state index in [1.54, 1.807) is 0 Å². The van der Waals surface area contributed by atoms with Crippen molar-refractivity contribution in [3.8, 4) is 0 Å². The fraction of sp³-hybridized carbons (Fsp3) is 0.375. The van der Waals surface area contributed by atoms with Gasteiger partial charge in [-0.2, -0.15) is 0 Å². The lowest BCUT2D eigenvalue weighted by Crippen LogP contribution is -2.47. The zero-order valence-corrected chi connectivity index (χ0v) is 12.3. The van der Waals surface area contributed by atoms with Crippen molar-refractivity contribution < 1.29 is 9.32 Å². The molecule has 2 N–H and O–H groups in total. The number of nitrogens with one attached hydrogen (secondary N) is 2. The highest BCUT2D eigenvalue weighted by molar-refractivity contribution is 5.82. The number of nitrogens with zero attached hydrogens (tertiary/aromatic N) is 1. The zero-order valence-electron chi connectivity index (χ0n) is 12.3. The Morgan fingerprint density at radius 2 is 2.14 bits per heavy atom. The molecule has 0 bridgehead atoms. The Morgan fingerprint density at radius 3 is 2.86 bits per heavy atom. The van der Waals surface area contributed by atoms with Crippen LogP contribution in [0.25, 0.3) is 0 Å². The third-order valence-corrected chi connectivity index (χ3v) is 4.02. The monoisotopic (exact) mass is 285 g/mol. The van der Waals surface area contributed by atoms with Crippen molar-refractivity contribution in [3.05, 3.63) is 52.4 Å². The van der Waals surface area contributed by atoms with E-state index in [9.17, 15) is 4.79 Å². The Bertz CT molecular complexity index is 644. The van der Waals surface area contributed by atoms with E-state index in [4.69, 9.17) is 4.52 Å². The van der Waals surface area contributed by atoms with Crippen LogP contribution in [-0.4, -0.2) is 17.1 Å². The Hall–Kier alpha value is -2.14. The lowest BCUT2D eigenvalue weighted by atomic mass is 9.95. The predicted octanol–water partition coefficient (Wildman–Crippen LogP) is 1.62. The summed E-state index contributed by atoms with van der Waals surface area (Å²) in [4.78, 5) is 12.3. The fourth-order valence-corrected chi connectivity index (χ4v) is 2.69. The number of carbonyl (C=O) groups is 1. The third-order valence-electron chi connectivity index (χ3n) is 4.02. The van der Waals surface area contributed by atoms with E-state index in [1.807, 2.05) is 26.0 Å². The Labute approximate surface area is 123 Å². The second-order valence-corrected chi connectivity index (χ2v) is 5.43. The van der Waals surface area contributed by atoms with Crippen LogP contribution < -0.4 is 10.6 Å². The quantitative estimate of drug-likeness (QED) is 0.899. The summed E-state index contributed by atoms with van der Waals surface area (Å²) in [6.07, 6.45) is 0.726. The van der Waals surface area contributed by atoms with Gasteiger partial charge < -0.3 is 15.2 Å². The Kier molecular flexibility index (Phi) is 3.75. The molecule has 5 nitrogen and oxygen atoms in total. The molecule has 1 amide bonds. The van der Waals surface area contributed by atoms with Gasteiger partial charge >= 0.3 is 0 Å². The van der Waals surface area contributed by atoms with Crippen molar-refractivity contribution in [2.45, 2.75) is 39.4 Å². The van der Waals surface area contributed by atoms with Gasteiger partial charge in [0.15, 0.2) is 0 Å². The summed E-state index contributed by atoms with van der Waals surface area (Å²) in [5.41, 5.74) is 4.30. The first kappa shape index (κ1) is 13.8. The number of carbonyl (C=O) groups excluding carboxylic acids is 1. The molecule has 0 spiro atoms. The minimum atomic E-state index is -0.180. The van der Waals surface area contributed by atoms with Crippen LogP contribution in [-0.2, 0) is 24.3 Å². The Balaban J connectivity index is 1.62. The SMILES string of the molecule is Cc1noc(C)c1CNC(=O)[C@@H]1Cc2ccccc2CN1. The summed E-state index contributed by atoms with van der Waals surface area (Å²) in [7, 11) is 0.